The van der Waals surface area contributed by atoms with Crippen LogP contribution in [0.4, 0.5) is 8.78 Å². The molecule has 0 bridgehead atoms. The van der Waals surface area contributed by atoms with Crippen LogP contribution in [-0.2, 0) is 15.0 Å². The van der Waals surface area contributed by atoms with Crippen LogP contribution in [0, 0.1) is 11.6 Å². The van der Waals surface area contributed by atoms with Crippen LogP contribution in [0.2, 0.25) is 0 Å². The fourth-order valence-electron chi connectivity index (χ4n) is 2.97. The van der Waals surface area contributed by atoms with Crippen molar-refractivity contribution in [2.45, 2.75) is 12.5 Å². The summed E-state index contributed by atoms with van der Waals surface area (Å²) in [6.45, 7) is 0.0682. The number of hydrogen-bond donors (Lipinski definition) is 1. The topological polar surface area (TPSA) is 77.9 Å². The van der Waals surface area contributed by atoms with Crippen molar-refractivity contribution in [3.05, 3.63) is 77.4 Å². The lowest BCUT2D eigenvalue weighted by atomic mass is 10.0. The first kappa shape index (κ1) is 20.3. The predicted molar refractivity (Wildman–Crippen MR) is 98.3 cm³/mol. The van der Waals surface area contributed by atoms with Gasteiger partial charge in [0.2, 0.25) is 0 Å². The average molecular weight is 408 g/mol. The summed E-state index contributed by atoms with van der Waals surface area (Å²) in [4.78, 5) is 11.4. The van der Waals surface area contributed by atoms with Crippen molar-refractivity contribution in [3.8, 4) is 0 Å². The first-order valence-corrected chi connectivity index (χ1v) is 9.86. The Kier molecular flexibility index (Phi) is 5.99. The minimum atomic E-state index is -4.35. The van der Waals surface area contributed by atoms with Gasteiger partial charge in [-0.2, -0.15) is 12.7 Å². The fraction of sp³-hybridized carbons (Fsp3) is 0.211. The molecule has 0 aromatic heterocycles. The minimum absolute atomic E-state index is 0.00996. The first-order chi connectivity index (χ1) is 13.3. The number of rotatable bonds is 6. The number of carbonyl (C=O) groups excluding carboxylic acids is 1. The molecule has 1 N–H and O–H groups in total. The number of carbonyl (C=O) groups is 1. The molecule has 1 aliphatic rings. The maximum atomic E-state index is 13.1. The number of nitrogens with zero attached hydrogens (tertiary/aromatic N) is 2. The summed E-state index contributed by atoms with van der Waals surface area (Å²) in [5, 5.41) is 10.2. The van der Waals surface area contributed by atoms with Crippen molar-refractivity contribution in [3.63, 3.8) is 0 Å². The van der Waals surface area contributed by atoms with Gasteiger partial charge in [0.1, 0.15) is 24.0 Å². The zero-order valence-corrected chi connectivity index (χ0v) is 15.5. The smallest absolute Gasteiger partial charge is 0.301 e. The van der Waals surface area contributed by atoms with Crippen LogP contribution >= 0.6 is 0 Å². The van der Waals surface area contributed by atoms with E-state index >= 15 is 0 Å². The Bertz CT molecular complexity index is 976. The van der Waals surface area contributed by atoms with Gasteiger partial charge in [-0.1, -0.05) is 34.8 Å². The molecule has 1 heterocycles. The van der Waals surface area contributed by atoms with E-state index in [1.807, 2.05) is 0 Å². The lowest BCUT2D eigenvalue weighted by Crippen LogP contribution is -2.45. The molecule has 2 aromatic carbocycles. The molecule has 0 spiro atoms. The SMILES string of the molecule is O=C[C@@H](c1ccc(F)cc1)N(O)S(=O)(=O)N1CC=C(c2ccc(F)cc2)CC1. The molecule has 6 nitrogen and oxygen atoms in total. The van der Waals surface area contributed by atoms with E-state index in [-0.39, 0.29) is 35.2 Å². The average Bonchev–Trinajstić information content (AvgIpc) is 2.70. The second kappa shape index (κ2) is 8.27. The molecule has 2 aromatic rings. The molecular weight excluding hydrogens is 390 g/mol. The van der Waals surface area contributed by atoms with Crippen LogP contribution in [0.5, 0.6) is 0 Å². The number of halogens is 2. The van der Waals surface area contributed by atoms with Crippen molar-refractivity contribution in [2.75, 3.05) is 13.1 Å². The Balaban J connectivity index is 1.77. The van der Waals surface area contributed by atoms with Gasteiger partial charge in [-0.05, 0) is 47.4 Å². The molecule has 0 aliphatic carbocycles. The van der Waals surface area contributed by atoms with Crippen molar-refractivity contribution in [1.29, 1.82) is 0 Å². The first-order valence-electron chi connectivity index (χ1n) is 8.47. The monoisotopic (exact) mass is 408 g/mol. The second-order valence-electron chi connectivity index (χ2n) is 6.26. The minimum Gasteiger partial charge on any atom is -0.301 e. The largest absolute Gasteiger partial charge is 0.305 e. The van der Waals surface area contributed by atoms with Gasteiger partial charge in [0.05, 0.1) is 0 Å². The third-order valence-electron chi connectivity index (χ3n) is 4.53. The quantitative estimate of drug-likeness (QED) is 0.589. The zero-order valence-electron chi connectivity index (χ0n) is 14.7. The van der Waals surface area contributed by atoms with Crippen LogP contribution < -0.4 is 0 Å². The summed E-state index contributed by atoms with van der Waals surface area (Å²) in [7, 11) is -4.35. The van der Waals surface area contributed by atoms with Gasteiger partial charge < -0.3 is 4.79 Å². The van der Waals surface area contributed by atoms with E-state index in [4.69, 9.17) is 0 Å². The van der Waals surface area contributed by atoms with E-state index in [9.17, 15) is 27.2 Å². The van der Waals surface area contributed by atoms with Crippen molar-refractivity contribution < 1.29 is 27.2 Å². The lowest BCUT2D eigenvalue weighted by Gasteiger charge is -2.31. The summed E-state index contributed by atoms with van der Waals surface area (Å²) in [6, 6.07) is 8.99. The summed E-state index contributed by atoms with van der Waals surface area (Å²) in [5.74, 6) is -0.906. The van der Waals surface area contributed by atoms with Crippen LogP contribution in [0.25, 0.3) is 5.57 Å². The molecular formula is C19H18F2N2O4S. The normalized spacial score (nSPS) is 16.6. The molecule has 1 aliphatic heterocycles. The van der Waals surface area contributed by atoms with Gasteiger partial charge in [-0.25, -0.2) is 8.78 Å². The number of aldehydes is 1. The van der Waals surface area contributed by atoms with Gasteiger partial charge in [-0.15, -0.1) is 0 Å². The van der Waals surface area contributed by atoms with E-state index in [1.165, 1.54) is 24.3 Å². The number of hydroxylamine groups is 1. The molecule has 1 atom stereocenters. The third-order valence-corrected chi connectivity index (χ3v) is 6.21. The Morgan fingerprint density at radius 2 is 1.61 bits per heavy atom. The van der Waals surface area contributed by atoms with E-state index in [1.54, 1.807) is 18.2 Å². The second-order valence-corrected chi connectivity index (χ2v) is 8.04. The van der Waals surface area contributed by atoms with E-state index < -0.39 is 22.1 Å². The highest BCUT2D eigenvalue weighted by Gasteiger charge is 2.35. The van der Waals surface area contributed by atoms with E-state index in [2.05, 4.69) is 0 Å². The Hall–Kier alpha value is -2.46. The molecule has 0 amide bonds. The van der Waals surface area contributed by atoms with E-state index in [0.29, 0.717) is 6.42 Å². The van der Waals surface area contributed by atoms with Crippen LogP contribution in [0.1, 0.15) is 23.6 Å². The zero-order chi connectivity index (χ0) is 20.3. The predicted octanol–water partition coefficient (Wildman–Crippen LogP) is 2.93. The van der Waals surface area contributed by atoms with Crippen LogP contribution in [-0.4, -0.2) is 41.8 Å². The van der Waals surface area contributed by atoms with Gasteiger partial charge in [-0.3, -0.25) is 5.21 Å². The molecule has 28 heavy (non-hydrogen) atoms. The molecule has 0 saturated carbocycles. The summed E-state index contributed by atoms with van der Waals surface area (Å²) >= 11 is 0. The standard InChI is InChI=1S/C19H18F2N2O4S/c20-17-5-1-14(2-6-17)15-9-11-22(12-10-15)28(26,27)23(25)19(13-24)16-3-7-18(21)8-4-16/h1-9,13,19,25H,10-12H2/t19-/m0/s1. The van der Waals surface area contributed by atoms with Crippen molar-refractivity contribution >= 4 is 22.1 Å². The van der Waals surface area contributed by atoms with Gasteiger partial charge >= 0.3 is 10.2 Å². The molecule has 0 radical (unpaired) electrons. The summed E-state index contributed by atoms with van der Waals surface area (Å²) in [6.07, 6.45) is 2.31. The van der Waals surface area contributed by atoms with Gasteiger partial charge in [0, 0.05) is 13.1 Å². The summed E-state index contributed by atoms with van der Waals surface area (Å²) < 4.78 is 52.5. The highest BCUT2D eigenvalue weighted by Crippen LogP contribution is 2.27. The molecule has 9 heteroatoms. The molecule has 0 unspecified atom stereocenters. The Morgan fingerprint density at radius 3 is 2.11 bits per heavy atom. The molecule has 148 valence electrons. The van der Waals surface area contributed by atoms with Crippen LogP contribution in [0.15, 0.2) is 54.6 Å². The van der Waals surface area contributed by atoms with Crippen molar-refractivity contribution in [1.82, 2.24) is 8.77 Å². The highest BCUT2D eigenvalue weighted by molar-refractivity contribution is 7.86. The number of hydrogen-bond acceptors (Lipinski definition) is 4. The third kappa shape index (κ3) is 4.17. The van der Waals surface area contributed by atoms with Crippen molar-refractivity contribution in [2.24, 2.45) is 0 Å². The number of benzene rings is 2. The van der Waals surface area contributed by atoms with Gasteiger partial charge in [0.25, 0.3) is 0 Å². The Labute approximate surface area is 161 Å². The highest BCUT2D eigenvalue weighted by atomic mass is 32.2. The lowest BCUT2D eigenvalue weighted by molar-refractivity contribution is -0.121. The molecule has 0 saturated heterocycles. The molecule has 0 fully saturated rings. The molecule has 3 rings (SSSR count). The summed E-state index contributed by atoms with van der Waals surface area (Å²) in [5.41, 5.74) is 1.79. The Morgan fingerprint density at radius 1 is 1.04 bits per heavy atom. The van der Waals surface area contributed by atoms with Gasteiger partial charge in [0.15, 0.2) is 0 Å². The maximum Gasteiger partial charge on any atom is 0.305 e. The van der Waals surface area contributed by atoms with E-state index in [0.717, 1.165) is 27.6 Å². The maximum absolute atomic E-state index is 13.1. The van der Waals surface area contributed by atoms with Crippen LogP contribution in [0.3, 0.4) is 0 Å². The fourth-order valence-corrected chi connectivity index (χ4v) is 4.25.